The second kappa shape index (κ2) is 6.68. The van der Waals surface area contributed by atoms with E-state index in [9.17, 15) is 4.79 Å². The maximum atomic E-state index is 12.3. The SMILES string of the molecule is NC(CC(=O)N(CCO)C1CCC1)c1ccccc1. The zero-order valence-corrected chi connectivity index (χ0v) is 11.2. The van der Waals surface area contributed by atoms with Crippen LogP contribution in [-0.2, 0) is 4.79 Å². The number of carbonyl (C=O) groups excluding carboxylic acids is 1. The van der Waals surface area contributed by atoms with E-state index in [1.54, 1.807) is 4.90 Å². The summed E-state index contributed by atoms with van der Waals surface area (Å²) >= 11 is 0. The number of aliphatic hydroxyl groups is 1. The summed E-state index contributed by atoms with van der Waals surface area (Å²) in [5.41, 5.74) is 7.06. The second-order valence-corrected chi connectivity index (χ2v) is 5.12. The van der Waals surface area contributed by atoms with Gasteiger partial charge in [0.2, 0.25) is 5.91 Å². The zero-order chi connectivity index (χ0) is 13.7. The van der Waals surface area contributed by atoms with Crippen LogP contribution in [0.15, 0.2) is 30.3 Å². The van der Waals surface area contributed by atoms with Crippen molar-refractivity contribution in [2.24, 2.45) is 5.73 Å². The van der Waals surface area contributed by atoms with Gasteiger partial charge in [0.25, 0.3) is 0 Å². The molecule has 1 atom stereocenters. The lowest BCUT2D eigenvalue weighted by Crippen LogP contribution is -2.46. The van der Waals surface area contributed by atoms with Crippen molar-refractivity contribution in [1.82, 2.24) is 4.90 Å². The number of nitrogens with zero attached hydrogens (tertiary/aromatic N) is 1. The zero-order valence-electron chi connectivity index (χ0n) is 11.2. The lowest BCUT2D eigenvalue weighted by Gasteiger charge is -2.37. The van der Waals surface area contributed by atoms with Gasteiger partial charge in [-0.05, 0) is 24.8 Å². The Kier molecular flexibility index (Phi) is 4.93. The molecule has 1 amide bonds. The number of benzene rings is 1. The molecular formula is C15H22N2O2. The van der Waals surface area contributed by atoms with Crippen LogP contribution >= 0.6 is 0 Å². The van der Waals surface area contributed by atoms with Gasteiger partial charge in [-0.3, -0.25) is 4.79 Å². The molecule has 0 heterocycles. The molecule has 1 fully saturated rings. The van der Waals surface area contributed by atoms with Crippen molar-refractivity contribution in [2.45, 2.75) is 37.8 Å². The number of carbonyl (C=O) groups is 1. The van der Waals surface area contributed by atoms with E-state index in [4.69, 9.17) is 10.8 Å². The van der Waals surface area contributed by atoms with E-state index < -0.39 is 0 Å². The number of aliphatic hydroxyl groups excluding tert-OH is 1. The maximum absolute atomic E-state index is 12.3. The highest BCUT2D eigenvalue weighted by Gasteiger charge is 2.29. The fourth-order valence-electron chi connectivity index (χ4n) is 2.44. The summed E-state index contributed by atoms with van der Waals surface area (Å²) in [6.07, 6.45) is 3.57. The van der Waals surface area contributed by atoms with Gasteiger partial charge < -0.3 is 15.7 Å². The third-order valence-corrected chi connectivity index (χ3v) is 3.80. The smallest absolute Gasteiger partial charge is 0.224 e. The fourth-order valence-corrected chi connectivity index (χ4v) is 2.44. The van der Waals surface area contributed by atoms with Crippen LogP contribution in [0.2, 0.25) is 0 Å². The van der Waals surface area contributed by atoms with Crippen LogP contribution in [0, 0.1) is 0 Å². The molecule has 0 spiro atoms. The molecule has 0 aromatic heterocycles. The van der Waals surface area contributed by atoms with Crippen LogP contribution in [-0.4, -0.2) is 35.1 Å². The average molecular weight is 262 g/mol. The van der Waals surface area contributed by atoms with Crippen LogP contribution in [0.5, 0.6) is 0 Å². The van der Waals surface area contributed by atoms with Crippen molar-refractivity contribution in [3.05, 3.63) is 35.9 Å². The van der Waals surface area contributed by atoms with Gasteiger partial charge in [-0.15, -0.1) is 0 Å². The predicted molar refractivity (Wildman–Crippen MR) is 74.4 cm³/mol. The van der Waals surface area contributed by atoms with Gasteiger partial charge >= 0.3 is 0 Å². The Hall–Kier alpha value is -1.39. The quantitative estimate of drug-likeness (QED) is 0.815. The van der Waals surface area contributed by atoms with Crippen LogP contribution in [0.3, 0.4) is 0 Å². The standard InChI is InChI=1S/C15H22N2O2/c16-14(12-5-2-1-3-6-12)11-15(19)17(9-10-18)13-7-4-8-13/h1-3,5-6,13-14,18H,4,7-11,16H2. The van der Waals surface area contributed by atoms with E-state index in [2.05, 4.69) is 0 Å². The monoisotopic (exact) mass is 262 g/mol. The summed E-state index contributed by atoms with van der Waals surface area (Å²) in [6.45, 7) is 0.438. The summed E-state index contributed by atoms with van der Waals surface area (Å²) in [4.78, 5) is 14.1. The highest BCUT2D eigenvalue weighted by Crippen LogP contribution is 2.26. The molecule has 1 unspecified atom stereocenters. The van der Waals surface area contributed by atoms with Crippen molar-refractivity contribution < 1.29 is 9.90 Å². The molecule has 2 rings (SSSR count). The molecule has 4 nitrogen and oxygen atoms in total. The Bertz CT molecular complexity index is 404. The number of nitrogens with two attached hydrogens (primary N) is 1. The number of hydrogen-bond acceptors (Lipinski definition) is 3. The molecule has 0 radical (unpaired) electrons. The third-order valence-electron chi connectivity index (χ3n) is 3.80. The van der Waals surface area contributed by atoms with Gasteiger partial charge in [0.1, 0.15) is 0 Å². The van der Waals surface area contributed by atoms with Gasteiger partial charge in [0.15, 0.2) is 0 Å². The third kappa shape index (κ3) is 3.55. The van der Waals surface area contributed by atoms with Crippen molar-refractivity contribution in [2.75, 3.05) is 13.2 Å². The first-order valence-corrected chi connectivity index (χ1v) is 6.93. The molecule has 3 N–H and O–H groups in total. The minimum atomic E-state index is -0.269. The molecule has 19 heavy (non-hydrogen) atoms. The minimum Gasteiger partial charge on any atom is -0.395 e. The lowest BCUT2D eigenvalue weighted by atomic mass is 9.91. The minimum absolute atomic E-state index is 0.0167. The van der Waals surface area contributed by atoms with Crippen molar-refractivity contribution in [1.29, 1.82) is 0 Å². The van der Waals surface area contributed by atoms with Crippen LogP contribution in [0.4, 0.5) is 0 Å². The van der Waals surface area contributed by atoms with E-state index in [1.165, 1.54) is 6.42 Å². The number of amides is 1. The molecule has 1 aliphatic carbocycles. The number of hydrogen-bond donors (Lipinski definition) is 2. The Labute approximate surface area is 114 Å². The van der Waals surface area contributed by atoms with Gasteiger partial charge in [-0.1, -0.05) is 30.3 Å². The molecule has 1 saturated carbocycles. The maximum Gasteiger partial charge on any atom is 0.224 e. The van der Waals surface area contributed by atoms with E-state index >= 15 is 0 Å². The molecule has 0 aliphatic heterocycles. The number of rotatable bonds is 6. The van der Waals surface area contributed by atoms with Gasteiger partial charge in [0, 0.05) is 25.0 Å². The van der Waals surface area contributed by atoms with Crippen molar-refractivity contribution in [3.8, 4) is 0 Å². The molecule has 4 heteroatoms. The highest BCUT2D eigenvalue weighted by molar-refractivity contribution is 5.77. The van der Waals surface area contributed by atoms with Crippen LogP contribution in [0.25, 0.3) is 0 Å². The molecule has 1 aliphatic rings. The van der Waals surface area contributed by atoms with Crippen molar-refractivity contribution >= 4 is 5.91 Å². The first-order valence-electron chi connectivity index (χ1n) is 6.93. The molecule has 1 aromatic carbocycles. The second-order valence-electron chi connectivity index (χ2n) is 5.12. The summed E-state index contributed by atoms with van der Waals surface area (Å²) < 4.78 is 0. The Morgan fingerprint density at radius 2 is 2.05 bits per heavy atom. The normalized spacial score (nSPS) is 16.7. The summed E-state index contributed by atoms with van der Waals surface area (Å²) in [6, 6.07) is 9.71. The van der Waals surface area contributed by atoms with Gasteiger partial charge in [-0.2, -0.15) is 0 Å². The van der Waals surface area contributed by atoms with E-state index in [-0.39, 0.29) is 18.6 Å². The van der Waals surface area contributed by atoms with Crippen molar-refractivity contribution in [3.63, 3.8) is 0 Å². The molecule has 0 saturated heterocycles. The van der Waals surface area contributed by atoms with Gasteiger partial charge in [0.05, 0.1) is 6.61 Å². The largest absolute Gasteiger partial charge is 0.395 e. The molecule has 1 aromatic rings. The first kappa shape index (κ1) is 14.0. The van der Waals surface area contributed by atoms with E-state index in [1.807, 2.05) is 30.3 Å². The molecule has 0 bridgehead atoms. The Balaban J connectivity index is 1.94. The summed E-state index contributed by atoms with van der Waals surface area (Å²) in [5.74, 6) is 0.0510. The van der Waals surface area contributed by atoms with E-state index in [0.717, 1.165) is 18.4 Å². The van der Waals surface area contributed by atoms with E-state index in [0.29, 0.717) is 19.0 Å². The van der Waals surface area contributed by atoms with Crippen LogP contribution in [0.1, 0.15) is 37.3 Å². The average Bonchev–Trinajstić information content (AvgIpc) is 2.37. The Morgan fingerprint density at radius 1 is 1.37 bits per heavy atom. The molecular weight excluding hydrogens is 240 g/mol. The van der Waals surface area contributed by atoms with Crippen LogP contribution < -0.4 is 5.73 Å². The Morgan fingerprint density at radius 3 is 2.58 bits per heavy atom. The predicted octanol–water partition coefficient (Wildman–Crippen LogP) is 1.45. The lowest BCUT2D eigenvalue weighted by molar-refractivity contribution is -0.136. The highest BCUT2D eigenvalue weighted by atomic mass is 16.3. The summed E-state index contributed by atoms with van der Waals surface area (Å²) in [5, 5.41) is 9.08. The summed E-state index contributed by atoms with van der Waals surface area (Å²) in [7, 11) is 0. The fraction of sp³-hybridized carbons (Fsp3) is 0.533. The first-order chi connectivity index (χ1) is 9.22. The topological polar surface area (TPSA) is 66.6 Å². The van der Waals surface area contributed by atoms with Gasteiger partial charge in [-0.25, -0.2) is 0 Å². The molecule has 104 valence electrons.